The molecule has 170 valence electrons. The number of hydrogen-bond donors (Lipinski definition) is 4. The smallest absolute Gasteiger partial charge is 0.255 e. The molecular weight excluding hydrogens is 416 g/mol. The van der Waals surface area contributed by atoms with Gasteiger partial charge in [0, 0.05) is 17.1 Å². The Morgan fingerprint density at radius 3 is 2.67 bits per heavy atom. The van der Waals surface area contributed by atoms with Crippen LogP contribution in [-0.4, -0.2) is 40.4 Å². The molecule has 4 N–H and O–H groups in total. The van der Waals surface area contributed by atoms with Crippen molar-refractivity contribution in [1.82, 2.24) is 10.3 Å². The molecule has 0 spiro atoms. The third-order valence-electron chi connectivity index (χ3n) is 5.56. The van der Waals surface area contributed by atoms with Gasteiger partial charge in [0.05, 0.1) is 24.8 Å². The van der Waals surface area contributed by atoms with Crippen molar-refractivity contribution in [2.45, 2.75) is 25.8 Å². The fourth-order valence-electron chi connectivity index (χ4n) is 3.90. The number of benzene rings is 3. The number of H-pyrrole nitrogens is 1. The first-order chi connectivity index (χ1) is 16.1. The number of carbonyl (C=O) groups is 1. The molecule has 0 bridgehead atoms. The van der Waals surface area contributed by atoms with Gasteiger partial charge in [-0.2, -0.15) is 0 Å². The number of aromatic nitrogens is 1. The van der Waals surface area contributed by atoms with Gasteiger partial charge in [-0.15, -0.1) is 0 Å². The van der Waals surface area contributed by atoms with Gasteiger partial charge in [0.1, 0.15) is 11.5 Å². The van der Waals surface area contributed by atoms with Crippen LogP contribution in [0.15, 0.2) is 72.9 Å². The van der Waals surface area contributed by atoms with E-state index < -0.39 is 6.04 Å². The molecule has 0 aliphatic carbocycles. The van der Waals surface area contributed by atoms with Gasteiger partial charge in [-0.3, -0.25) is 4.79 Å². The maximum atomic E-state index is 13.3. The predicted molar refractivity (Wildman–Crippen MR) is 130 cm³/mol. The summed E-state index contributed by atoms with van der Waals surface area (Å²) in [6.45, 7) is 2.30. The molecule has 0 fully saturated rings. The Morgan fingerprint density at radius 1 is 1.06 bits per heavy atom. The molecule has 1 heterocycles. The van der Waals surface area contributed by atoms with Crippen molar-refractivity contribution < 1.29 is 19.7 Å². The van der Waals surface area contributed by atoms with Crippen LogP contribution >= 0.6 is 0 Å². The molecule has 6 heteroatoms. The van der Waals surface area contributed by atoms with Crippen molar-refractivity contribution in [1.29, 1.82) is 0 Å². The summed E-state index contributed by atoms with van der Waals surface area (Å²) in [6, 6.07) is 19.8. The second-order valence-electron chi connectivity index (χ2n) is 8.03. The highest BCUT2D eigenvalue weighted by Crippen LogP contribution is 2.29. The van der Waals surface area contributed by atoms with Crippen molar-refractivity contribution in [3.63, 3.8) is 0 Å². The molecule has 0 unspecified atom stereocenters. The van der Waals surface area contributed by atoms with Gasteiger partial charge < -0.3 is 25.3 Å². The third-order valence-corrected chi connectivity index (χ3v) is 5.56. The molecule has 0 saturated carbocycles. The number of amides is 1. The lowest BCUT2D eigenvalue weighted by molar-refractivity contribution is 0.0912. The standard InChI is InChI=1S/C27H28N2O4/c1-2-12-33-26-11-10-19(18-6-5-7-22(31)14-18)15-24(26)27(32)29-21(17-30)13-20-16-28-25-9-4-3-8-23(20)25/h3-11,14-16,21,28,30-31H,2,12-13,17H2,1H3,(H,29,32)/t21-/m0/s1. The van der Waals surface area contributed by atoms with E-state index >= 15 is 0 Å². The Morgan fingerprint density at radius 2 is 1.88 bits per heavy atom. The fraction of sp³-hybridized carbons (Fsp3) is 0.222. The largest absolute Gasteiger partial charge is 0.508 e. The minimum Gasteiger partial charge on any atom is -0.508 e. The summed E-state index contributed by atoms with van der Waals surface area (Å²) in [5.74, 6) is 0.327. The maximum absolute atomic E-state index is 13.3. The first-order valence-corrected chi connectivity index (χ1v) is 11.1. The Labute approximate surface area is 192 Å². The molecule has 4 rings (SSSR count). The molecule has 1 aromatic heterocycles. The quantitative estimate of drug-likeness (QED) is 0.302. The van der Waals surface area contributed by atoms with Gasteiger partial charge in [-0.25, -0.2) is 0 Å². The van der Waals surface area contributed by atoms with Gasteiger partial charge in [0.25, 0.3) is 5.91 Å². The molecule has 1 atom stereocenters. The number of aliphatic hydroxyl groups is 1. The van der Waals surface area contributed by atoms with Crippen LogP contribution in [0.1, 0.15) is 29.3 Å². The van der Waals surface area contributed by atoms with Crippen molar-refractivity contribution in [2.24, 2.45) is 0 Å². The minimum atomic E-state index is -0.458. The van der Waals surface area contributed by atoms with Gasteiger partial charge >= 0.3 is 0 Å². The molecule has 6 nitrogen and oxygen atoms in total. The Balaban J connectivity index is 1.59. The third kappa shape index (κ3) is 5.18. The highest BCUT2D eigenvalue weighted by Gasteiger charge is 2.19. The molecular formula is C27H28N2O4. The zero-order chi connectivity index (χ0) is 23.2. The first-order valence-electron chi connectivity index (χ1n) is 11.1. The van der Waals surface area contributed by atoms with Gasteiger partial charge in [-0.1, -0.05) is 43.3 Å². The second kappa shape index (κ2) is 10.2. The molecule has 3 aromatic carbocycles. The fourth-order valence-corrected chi connectivity index (χ4v) is 3.90. The highest BCUT2D eigenvalue weighted by molar-refractivity contribution is 5.98. The van der Waals surface area contributed by atoms with E-state index in [1.807, 2.05) is 49.5 Å². The number of aliphatic hydroxyl groups excluding tert-OH is 1. The summed E-state index contributed by atoms with van der Waals surface area (Å²) >= 11 is 0. The molecule has 0 aliphatic heterocycles. The molecule has 0 radical (unpaired) electrons. The summed E-state index contributed by atoms with van der Waals surface area (Å²) in [4.78, 5) is 16.5. The first kappa shape index (κ1) is 22.4. The van der Waals surface area contributed by atoms with Crippen LogP contribution in [0.3, 0.4) is 0 Å². The summed E-state index contributed by atoms with van der Waals surface area (Å²) in [5, 5.41) is 23.9. The maximum Gasteiger partial charge on any atom is 0.255 e. The highest BCUT2D eigenvalue weighted by atomic mass is 16.5. The van der Waals surface area contributed by atoms with Crippen LogP contribution in [-0.2, 0) is 6.42 Å². The molecule has 0 aliphatic rings. The Kier molecular flexibility index (Phi) is 6.95. The van der Waals surface area contributed by atoms with E-state index in [1.54, 1.807) is 30.3 Å². The zero-order valence-corrected chi connectivity index (χ0v) is 18.5. The average molecular weight is 445 g/mol. The lowest BCUT2D eigenvalue weighted by atomic mass is 10.0. The zero-order valence-electron chi connectivity index (χ0n) is 18.5. The van der Waals surface area contributed by atoms with E-state index in [9.17, 15) is 15.0 Å². The number of ether oxygens (including phenoxy) is 1. The molecule has 4 aromatic rings. The number of carbonyl (C=O) groups excluding carboxylic acids is 1. The van der Waals surface area contributed by atoms with Gasteiger partial charge in [-0.05, 0) is 59.9 Å². The summed E-state index contributed by atoms with van der Waals surface area (Å²) in [5.41, 5.74) is 4.02. The number of phenols is 1. The van der Waals surface area contributed by atoms with E-state index in [0.29, 0.717) is 24.3 Å². The summed E-state index contributed by atoms with van der Waals surface area (Å²) in [6.07, 6.45) is 3.22. The number of aromatic hydroxyl groups is 1. The number of phenolic OH excluding ortho intramolecular Hbond substituents is 1. The topological polar surface area (TPSA) is 94.6 Å². The van der Waals surface area contributed by atoms with Crippen molar-refractivity contribution in [3.05, 3.63) is 84.1 Å². The predicted octanol–water partition coefficient (Wildman–Crippen LogP) is 4.66. The normalized spacial score (nSPS) is 11.9. The number of aromatic amines is 1. The Hall–Kier alpha value is -3.77. The SMILES string of the molecule is CCCOc1ccc(-c2cccc(O)c2)cc1C(=O)N[C@H](CO)Cc1c[nH]c2ccccc12. The Bertz CT molecular complexity index is 1250. The number of para-hydroxylation sites is 1. The lowest BCUT2D eigenvalue weighted by Gasteiger charge is -2.18. The lowest BCUT2D eigenvalue weighted by Crippen LogP contribution is -2.39. The minimum absolute atomic E-state index is 0.156. The monoisotopic (exact) mass is 444 g/mol. The van der Waals surface area contributed by atoms with Gasteiger partial charge in [0.2, 0.25) is 0 Å². The van der Waals surface area contributed by atoms with E-state index in [2.05, 4.69) is 10.3 Å². The van der Waals surface area contributed by atoms with E-state index in [-0.39, 0.29) is 18.3 Å². The molecule has 1 amide bonds. The number of fused-ring (bicyclic) bond motifs is 1. The number of nitrogens with one attached hydrogen (secondary N) is 2. The van der Waals surface area contributed by atoms with E-state index in [4.69, 9.17) is 4.74 Å². The van der Waals surface area contributed by atoms with Gasteiger partial charge in [0.15, 0.2) is 0 Å². The summed E-state index contributed by atoms with van der Waals surface area (Å²) in [7, 11) is 0. The van der Waals surface area contributed by atoms with Crippen LogP contribution in [0, 0.1) is 0 Å². The van der Waals surface area contributed by atoms with Crippen LogP contribution in [0.5, 0.6) is 11.5 Å². The van der Waals surface area contributed by atoms with E-state index in [1.165, 1.54) is 0 Å². The average Bonchev–Trinajstić information content (AvgIpc) is 3.25. The van der Waals surface area contributed by atoms with Crippen molar-refractivity contribution >= 4 is 16.8 Å². The number of hydrogen-bond acceptors (Lipinski definition) is 4. The second-order valence-corrected chi connectivity index (χ2v) is 8.03. The molecule has 33 heavy (non-hydrogen) atoms. The van der Waals surface area contributed by atoms with Crippen molar-refractivity contribution in [2.75, 3.05) is 13.2 Å². The van der Waals surface area contributed by atoms with Crippen LogP contribution in [0.2, 0.25) is 0 Å². The number of rotatable bonds is 9. The van der Waals surface area contributed by atoms with Crippen LogP contribution in [0.25, 0.3) is 22.0 Å². The van der Waals surface area contributed by atoms with Crippen molar-refractivity contribution in [3.8, 4) is 22.6 Å². The van der Waals surface area contributed by atoms with E-state index in [0.717, 1.165) is 34.0 Å². The van der Waals surface area contributed by atoms with Crippen LogP contribution in [0.4, 0.5) is 0 Å². The summed E-state index contributed by atoms with van der Waals surface area (Å²) < 4.78 is 5.82. The van der Waals surface area contributed by atoms with Crippen LogP contribution < -0.4 is 10.1 Å². The molecule has 0 saturated heterocycles.